The molecule has 0 bridgehead atoms. The first-order valence-corrected chi connectivity index (χ1v) is 4.69. The molecule has 1 aliphatic rings. The number of hydrogen-bond donors (Lipinski definition) is 1. The van der Waals surface area contributed by atoms with Crippen LogP contribution in [-0.2, 0) is 4.79 Å². The Morgan fingerprint density at radius 3 is 2.93 bits per heavy atom. The summed E-state index contributed by atoms with van der Waals surface area (Å²) in [6, 6.07) is 3.00. The van der Waals surface area contributed by atoms with E-state index in [1.807, 2.05) is 0 Å². The van der Waals surface area contributed by atoms with Crippen LogP contribution in [0.25, 0.3) is 0 Å². The summed E-state index contributed by atoms with van der Waals surface area (Å²) in [5.41, 5.74) is 0.0766. The third-order valence-electron chi connectivity index (χ3n) is 2.35. The van der Waals surface area contributed by atoms with E-state index in [1.54, 1.807) is 6.07 Å². The van der Waals surface area contributed by atoms with Crippen molar-refractivity contribution >= 4 is 17.7 Å². The maximum atomic E-state index is 11.4. The summed E-state index contributed by atoms with van der Waals surface area (Å²) in [6.45, 7) is 0.552. The first-order valence-electron chi connectivity index (χ1n) is 4.69. The fraction of sp³-hybridized carbons (Fsp3) is 0.300. The smallest absolute Gasteiger partial charge is 0.339 e. The van der Waals surface area contributed by atoms with Crippen molar-refractivity contribution in [1.29, 1.82) is 0 Å². The number of anilines is 1. The van der Waals surface area contributed by atoms with Gasteiger partial charge < -0.3 is 5.11 Å². The van der Waals surface area contributed by atoms with Crippen LogP contribution in [0.15, 0.2) is 18.3 Å². The lowest BCUT2D eigenvalue weighted by molar-refractivity contribution is -0.117. The Labute approximate surface area is 86.3 Å². The number of carbonyl (C=O) groups excluding carboxylic acids is 1. The van der Waals surface area contributed by atoms with Crippen LogP contribution in [0, 0.1) is 0 Å². The number of amides is 1. The average molecular weight is 206 g/mol. The predicted octanol–water partition coefficient (Wildman–Crippen LogP) is 0.907. The van der Waals surface area contributed by atoms with Gasteiger partial charge in [-0.1, -0.05) is 0 Å². The van der Waals surface area contributed by atoms with Crippen LogP contribution >= 0.6 is 0 Å². The third-order valence-corrected chi connectivity index (χ3v) is 2.35. The molecule has 5 heteroatoms. The fourth-order valence-electron chi connectivity index (χ4n) is 1.65. The highest BCUT2D eigenvalue weighted by atomic mass is 16.4. The van der Waals surface area contributed by atoms with Crippen molar-refractivity contribution in [2.75, 3.05) is 11.4 Å². The zero-order valence-electron chi connectivity index (χ0n) is 8.01. The Kier molecular flexibility index (Phi) is 2.37. The lowest BCUT2D eigenvalue weighted by Gasteiger charge is -2.15. The van der Waals surface area contributed by atoms with Crippen LogP contribution < -0.4 is 4.90 Å². The minimum Gasteiger partial charge on any atom is -0.478 e. The van der Waals surface area contributed by atoms with Gasteiger partial charge in [0.05, 0.1) is 0 Å². The second kappa shape index (κ2) is 3.68. The molecule has 1 saturated heterocycles. The largest absolute Gasteiger partial charge is 0.478 e. The average Bonchev–Trinajstić information content (AvgIpc) is 2.64. The van der Waals surface area contributed by atoms with Gasteiger partial charge in [0.25, 0.3) is 0 Å². The minimum absolute atomic E-state index is 0.0591. The minimum atomic E-state index is -1.06. The van der Waals surface area contributed by atoms with E-state index in [0.717, 1.165) is 6.42 Å². The van der Waals surface area contributed by atoms with E-state index in [0.29, 0.717) is 13.0 Å². The highest BCUT2D eigenvalue weighted by molar-refractivity contribution is 6.01. The molecule has 1 aromatic rings. The Morgan fingerprint density at radius 1 is 1.53 bits per heavy atom. The predicted molar refractivity (Wildman–Crippen MR) is 52.8 cm³/mol. The third kappa shape index (κ3) is 1.68. The van der Waals surface area contributed by atoms with Crippen LogP contribution in [0.4, 0.5) is 5.82 Å². The first kappa shape index (κ1) is 9.64. The van der Waals surface area contributed by atoms with E-state index in [-0.39, 0.29) is 17.3 Å². The SMILES string of the molecule is O=C(O)c1cccnc1N1CCCC1=O. The normalized spacial score (nSPS) is 15.7. The Bertz CT molecular complexity index is 417. The highest BCUT2D eigenvalue weighted by Crippen LogP contribution is 2.22. The van der Waals surface area contributed by atoms with Gasteiger partial charge in [0, 0.05) is 19.2 Å². The summed E-state index contributed by atoms with van der Waals surface area (Å²) in [7, 11) is 0. The van der Waals surface area contributed by atoms with Crippen LogP contribution in [0.2, 0.25) is 0 Å². The molecule has 5 nitrogen and oxygen atoms in total. The number of carboxylic acids is 1. The molecule has 0 aromatic carbocycles. The molecule has 0 spiro atoms. The van der Waals surface area contributed by atoms with Crippen molar-refractivity contribution < 1.29 is 14.7 Å². The zero-order chi connectivity index (χ0) is 10.8. The number of carboxylic acid groups (broad SMARTS) is 1. The Morgan fingerprint density at radius 2 is 2.33 bits per heavy atom. The first-order chi connectivity index (χ1) is 7.20. The number of nitrogens with zero attached hydrogens (tertiary/aromatic N) is 2. The molecule has 1 fully saturated rings. The molecule has 0 radical (unpaired) electrons. The van der Waals surface area contributed by atoms with Crippen LogP contribution in [0.1, 0.15) is 23.2 Å². The van der Waals surface area contributed by atoms with Crippen molar-refractivity contribution in [3.8, 4) is 0 Å². The lowest BCUT2D eigenvalue weighted by Crippen LogP contribution is -2.26. The van der Waals surface area contributed by atoms with E-state index in [4.69, 9.17) is 5.11 Å². The number of carbonyl (C=O) groups is 2. The van der Waals surface area contributed by atoms with E-state index in [1.165, 1.54) is 17.2 Å². The summed E-state index contributed by atoms with van der Waals surface area (Å²) in [5, 5.41) is 8.93. The zero-order valence-corrected chi connectivity index (χ0v) is 8.01. The van der Waals surface area contributed by atoms with Gasteiger partial charge in [-0.25, -0.2) is 9.78 Å². The van der Waals surface area contributed by atoms with Gasteiger partial charge in [-0.15, -0.1) is 0 Å². The number of rotatable bonds is 2. The van der Waals surface area contributed by atoms with Gasteiger partial charge in [-0.2, -0.15) is 0 Å². The second-order valence-corrected chi connectivity index (χ2v) is 3.33. The second-order valence-electron chi connectivity index (χ2n) is 3.33. The van der Waals surface area contributed by atoms with Crippen LogP contribution in [0.5, 0.6) is 0 Å². The topological polar surface area (TPSA) is 70.5 Å². The molecule has 1 aromatic heterocycles. The summed E-state index contributed by atoms with van der Waals surface area (Å²) in [5.74, 6) is -0.860. The molecule has 2 rings (SSSR count). The van der Waals surface area contributed by atoms with E-state index >= 15 is 0 Å². The molecule has 2 heterocycles. The van der Waals surface area contributed by atoms with E-state index in [2.05, 4.69) is 4.98 Å². The van der Waals surface area contributed by atoms with Gasteiger partial charge in [-0.3, -0.25) is 9.69 Å². The van der Waals surface area contributed by atoms with Gasteiger partial charge in [0.1, 0.15) is 11.4 Å². The molecule has 0 aliphatic carbocycles. The monoisotopic (exact) mass is 206 g/mol. The Hall–Kier alpha value is -1.91. The molecule has 1 amide bonds. The van der Waals surface area contributed by atoms with Gasteiger partial charge >= 0.3 is 5.97 Å². The molecule has 1 N–H and O–H groups in total. The molecule has 0 atom stereocenters. The van der Waals surface area contributed by atoms with E-state index < -0.39 is 5.97 Å². The fourth-order valence-corrected chi connectivity index (χ4v) is 1.65. The maximum absolute atomic E-state index is 11.4. The molecule has 15 heavy (non-hydrogen) atoms. The number of hydrogen-bond acceptors (Lipinski definition) is 3. The summed E-state index contributed by atoms with van der Waals surface area (Å²) in [6.07, 6.45) is 2.72. The Balaban J connectivity index is 2.42. The van der Waals surface area contributed by atoms with Crippen LogP contribution in [0.3, 0.4) is 0 Å². The molecule has 1 aliphatic heterocycles. The summed E-state index contributed by atoms with van der Waals surface area (Å²) >= 11 is 0. The van der Waals surface area contributed by atoms with Crippen LogP contribution in [-0.4, -0.2) is 28.5 Å². The highest BCUT2D eigenvalue weighted by Gasteiger charge is 2.26. The van der Waals surface area contributed by atoms with Crippen molar-refractivity contribution in [3.63, 3.8) is 0 Å². The quantitative estimate of drug-likeness (QED) is 0.780. The maximum Gasteiger partial charge on any atom is 0.339 e. The van der Waals surface area contributed by atoms with Crippen molar-refractivity contribution in [2.24, 2.45) is 0 Å². The molecular formula is C10H10N2O3. The number of pyridine rings is 1. The summed E-state index contributed by atoms with van der Waals surface area (Å²) < 4.78 is 0. The van der Waals surface area contributed by atoms with Crippen molar-refractivity contribution in [3.05, 3.63) is 23.9 Å². The molecular weight excluding hydrogens is 196 g/mol. The van der Waals surface area contributed by atoms with Gasteiger partial charge in [-0.05, 0) is 18.6 Å². The number of aromatic nitrogens is 1. The molecule has 0 saturated carbocycles. The lowest BCUT2D eigenvalue weighted by atomic mass is 10.2. The molecule has 78 valence electrons. The van der Waals surface area contributed by atoms with E-state index in [9.17, 15) is 9.59 Å². The summed E-state index contributed by atoms with van der Waals surface area (Å²) in [4.78, 5) is 27.7. The standard InChI is InChI=1S/C10H10N2O3/c13-8-4-2-6-12(8)9-7(10(14)15)3-1-5-11-9/h1,3,5H,2,4,6H2,(H,14,15). The number of aromatic carboxylic acids is 1. The van der Waals surface area contributed by atoms with Gasteiger partial charge in [0.15, 0.2) is 0 Å². The van der Waals surface area contributed by atoms with Crippen molar-refractivity contribution in [2.45, 2.75) is 12.8 Å². The molecule has 0 unspecified atom stereocenters. The van der Waals surface area contributed by atoms with Gasteiger partial charge in [0.2, 0.25) is 5.91 Å². The van der Waals surface area contributed by atoms with Crippen molar-refractivity contribution in [1.82, 2.24) is 4.98 Å².